The minimum Gasteiger partial charge on any atom is -0.356 e. The van der Waals surface area contributed by atoms with Crippen LogP contribution in [0.15, 0.2) is 97.1 Å². The minimum absolute atomic E-state index is 0.118. The normalized spacial score (nSPS) is 17.5. The van der Waals surface area contributed by atoms with Crippen LogP contribution >= 0.6 is 0 Å². The van der Waals surface area contributed by atoms with Crippen molar-refractivity contribution in [1.82, 2.24) is 0 Å². The molecule has 0 saturated carbocycles. The standard InChI is InChI=1S/C27H27N/c1-27(2)19-9-4-3-6-12-23-15-18-25(20-26(23)27)28-24-16-13-22(14-17-24)21-10-7-5-8-11-21/h3-11,13-18,20,28H,12,19H2,1-2H3/b6-3-,9-4-. The first kappa shape index (κ1) is 18.3. The maximum Gasteiger partial charge on any atom is 0.0387 e. The van der Waals surface area contributed by atoms with E-state index in [-0.39, 0.29) is 5.41 Å². The zero-order valence-corrected chi connectivity index (χ0v) is 16.7. The number of hydrogen-bond acceptors (Lipinski definition) is 1. The van der Waals surface area contributed by atoms with Crippen LogP contribution in [0.2, 0.25) is 0 Å². The van der Waals surface area contributed by atoms with E-state index in [2.05, 4.69) is 116 Å². The van der Waals surface area contributed by atoms with Gasteiger partial charge in [0.2, 0.25) is 0 Å². The molecule has 0 aromatic heterocycles. The molecule has 0 bridgehead atoms. The Hall–Kier alpha value is -3.06. The second-order valence-electron chi connectivity index (χ2n) is 8.09. The second-order valence-corrected chi connectivity index (χ2v) is 8.09. The molecule has 1 aliphatic rings. The van der Waals surface area contributed by atoms with Crippen molar-refractivity contribution in [1.29, 1.82) is 0 Å². The van der Waals surface area contributed by atoms with Gasteiger partial charge in [-0.1, -0.05) is 86.7 Å². The van der Waals surface area contributed by atoms with Crippen LogP contribution in [0.3, 0.4) is 0 Å². The van der Waals surface area contributed by atoms with Gasteiger partial charge < -0.3 is 5.32 Å². The molecule has 4 rings (SSSR count). The molecule has 1 heteroatoms. The minimum atomic E-state index is 0.118. The van der Waals surface area contributed by atoms with Gasteiger partial charge in [-0.25, -0.2) is 0 Å². The SMILES string of the molecule is CC1(C)C/C=C\C=C/Cc2ccc(Nc3ccc(-c4ccccc4)cc3)cc21. The van der Waals surface area contributed by atoms with E-state index in [1.165, 1.54) is 22.3 Å². The van der Waals surface area contributed by atoms with Gasteiger partial charge in [0.1, 0.15) is 0 Å². The van der Waals surface area contributed by atoms with E-state index in [0.717, 1.165) is 24.2 Å². The van der Waals surface area contributed by atoms with Crippen LogP contribution < -0.4 is 5.32 Å². The van der Waals surface area contributed by atoms with Gasteiger partial charge in [-0.3, -0.25) is 0 Å². The summed E-state index contributed by atoms with van der Waals surface area (Å²) < 4.78 is 0. The number of nitrogens with one attached hydrogen (secondary N) is 1. The van der Waals surface area contributed by atoms with Crippen LogP contribution in [-0.2, 0) is 11.8 Å². The third-order valence-corrected chi connectivity index (χ3v) is 5.47. The van der Waals surface area contributed by atoms with Gasteiger partial charge in [0.05, 0.1) is 0 Å². The van der Waals surface area contributed by atoms with Crippen molar-refractivity contribution < 1.29 is 0 Å². The molecular weight excluding hydrogens is 338 g/mol. The fourth-order valence-electron chi connectivity index (χ4n) is 3.83. The van der Waals surface area contributed by atoms with Gasteiger partial charge in [0.25, 0.3) is 0 Å². The molecule has 1 nitrogen and oxygen atoms in total. The number of anilines is 2. The van der Waals surface area contributed by atoms with Crippen molar-refractivity contribution in [3.8, 4) is 11.1 Å². The fourth-order valence-corrected chi connectivity index (χ4v) is 3.83. The molecule has 1 aliphatic carbocycles. The second kappa shape index (κ2) is 7.90. The number of rotatable bonds is 3. The van der Waals surface area contributed by atoms with Gasteiger partial charge in [-0.05, 0) is 64.8 Å². The van der Waals surface area contributed by atoms with Crippen LogP contribution in [-0.4, -0.2) is 0 Å². The first-order chi connectivity index (χ1) is 13.6. The molecule has 0 fully saturated rings. The first-order valence-corrected chi connectivity index (χ1v) is 9.99. The van der Waals surface area contributed by atoms with Gasteiger partial charge in [-0.15, -0.1) is 0 Å². The number of hydrogen-bond donors (Lipinski definition) is 1. The largest absolute Gasteiger partial charge is 0.356 e. The highest BCUT2D eigenvalue weighted by Gasteiger charge is 2.22. The third kappa shape index (κ3) is 4.09. The number of fused-ring (bicyclic) bond motifs is 1. The molecule has 0 aliphatic heterocycles. The van der Waals surface area contributed by atoms with Crippen LogP contribution in [0.4, 0.5) is 11.4 Å². The first-order valence-electron chi connectivity index (χ1n) is 9.99. The smallest absolute Gasteiger partial charge is 0.0387 e. The highest BCUT2D eigenvalue weighted by Crippen LogP contribution is 2.34. The fraction of sp³-hybridized carbons (Fsp3) is 0.185. The summed E-state index contributed by atoms with van der Waals surface area (Å²) >= 11 is 0. The van der Waals surface area contributed by atoms with Crippen molar-refractivity contribution in [2.75, 3.05) is 5.32 Å². The van der Waals surface area contributed by atoms with Crippen LogP contribution in [0, 0.1) is 0 Å². The van der Waals surface area contributed by atoms with Gasteiger partial charge >= 0.3 is 0 Å². The molecule has 3 aromatic rings. The molecule has 140 valence electrons. The van der Waals surface area contributed by atoms with Crippen LogP contribution in [0.5, 0.6) is 0 Å². The predicted octanol–water partition coefficient (Wildman–Crippen LogP) is 7.43. The quantitative estimate of drug-likeness (QED) is 0.509. The summed E-state index contributed by atoms with van der Waals surface area (Å²) in [6, 6.07) is 25.9. The summed E-state index contributed by atoms with van der Waals surface area (Å²) in [7, 11) is 0. The summed E-state index contributed by atoms with van der Waals surface area (Å²) in [6.07, 6.45) is 10.9. The summed E-state index contributed by atoms with van der Waals surface area (Å²) in [6.45, 7) is 4.67. The highest BCUT2D eigenvalue weighted by molar-refractivity contribution is 5.69. The molecular formula is C27H27N. The number of benzene rings is 3. The average molecular weight is 366 g/mol. The molecule has 0 spiro atoms. The Morgan fingerprint density at radius 3 is 2.18 bits per heavy atom. The molecule has 0 unspecified atom stereocenters. The Bertz CT molecular complexity index is 992. The number of allylic oxidation sites excluding steroid dienone is 4. The van der Waals surface area contributed by atoms with Crippen LogP contribution in [0.25, 0.3) is 11.1 Å². The lowest BCUT2D eigenvalue weighted by molar-refractivity contribution is 0.530. The molecule has 0 radical (unpaired) electrons. The van der Waals surface area contributed by atoms with Crippen molar-refractivity contribution in [2.45, 2.75) is 32.1 Å². The van der Waals surface area contributed by atoms with E-state index in [1.807, 2.05) is 0 Å². The Kier molecular flexibility index (Phi) is 5.16. The van der Waals surface area contributed by atoms with E-state index in [9.17, 15) is 0 Å². The topological polar surface area (TPSA) is 12.0 Å². The summed E-state index contributed by atoms with van der Waals surface area (Å²) in [5, 5.41) is 3.59. The summed E-state index contributed by atoms with van der Waals surface area (Å²) in [5.41, 5.74) is 7.69. The third-order valence-electron chi connectivity index (χ3n) is 5.47. The lowest BCUT2D eigenvalue weighted by Gasteiger charge is -2.27. The predicted molar refractivity (Wildman–Crippen MR) is 121 cm³/mol. The maximum atomic E-state index is 3.59. The summed E-state index contributed by atoms with van der Waals surface area (Å²) in [4.78, 5) is 0. The zero-order valence-electron chi connectivity index (χ0n) is 16.7. The summed E-state index contributed by atoms with van der Waals surface area (Å²) in [5.74, 6) is 0. The molecule has 28 heavy (non-hydrogen) atoms. The van der Waals surface area contributed by atoms with Crippen molar-refractivity contribution in [2.24, 2.45) is 0 Å². The van der Waals surface area contributed by atoms with E-state index < -0.39 is 0 Å². The molecule has 0 amide bonds. The van der Waals surface area contributed by atoms with E-state index >= 15 is 0 Å². The molecule has 3 aromatic carbocycles. The Morgan fingerprint density at radius 1 is 0.714 bits per heavy atom. The zero-order chi connectivity index (χ0) is 19.4. The van der Waals surface area contributed by atoms with Gasteiger partial charge in [0.15, 0.2) is 0 Å². The monoisotopic (exact) mass is 365 g/mol. The Morgan fingerprint density at radius 2 is 1.39 bits per heavy atom. The lowest BCUT2D eigenvalue weighted by atomic mass is 9.78. The molecule has 1 N–H and O–H groups in total. The van der Waals surface area contributed by atoms with Gasteiger partial charge in [0, 0.05) is 11.4 Å². The molecule has 0 saturated heterocycles. The van der Waals surface area contributed by atoms with Crippen molar-refractivity contribution in [3.05, 3.63) is 108 Å². The van der Waals surface area contributed by atoms with E-state index in [4.69, 9.17) is 0 Å². The average Bonchev–Trinajstić information content (AvgIpc) is 2.79. The lowest BCUT2D eigenvalue weighted by Crippen LogP contribution is -2.18. The van der Waals surface area contributed by atoms with E-state index in [0.29, 0.717) is 0 Å². The molecule has 0 atom stereocenters. The van der Waals surface area contributed by atoms with E-state index in [1.54, 1.807) is 0 Å². The van der Waals surface area contributed by atoms with Crippen molar-refractivity contribution >= 4 is 11.4 Å². The Balaban J connectivity index is 1.59. The van der Waals surface area contributed by atoms with Crippen LogP contribution in [0.1, 0.15) is 31.4 Å². The van der Waals surface area contributed by atoms with Crippen molar-refractivity contribution in [3.63, 3.8) is 0 Å². The maximum absolute atomic E-state index is 3.59. The van der Waals surface area contributed by atoms with Gasteiger partial charge in [-0.2, -0.15) is 0 Å². The molecule has 0 heterocycles. The highest BCUT2D eigenvalue weighted by atomic mass is 14.9. The Labute approximate surface area is 168 Å².